The van der Waals surface area contributed by atoms with E-state index < -0.39 is 0 Å². The molecule has 0 aromatic heterocycles. The third-order valence-corrected chi connectivity index (χ3v) is 6.23. The first-order chi connectivity index (χ1) is 14.1. The molecule has 0 radical (unpaired) electrons. The van der Waals surface area contributed by atoms with E-state index in [4.69, 9.17) is 9.47 Å². The molecule has 1 aliphatic heterocycles. The standard InChI is InChI=1S/C24H29NO4/c1-4-13-29-20-12-11-15(14-21(20)28-3)22-23-16(7-5-9-18(23)26)25(2)17-8-6-10-19(27)24(17)22/h11-12,14,22H,4-10,13H2,1-3H3. The van der Waals surface area contributed by atoms with Crippen LogP contribution in [0, 0.1) is 0 Å². The smallest absolute Gasteiger partial charge is 0.161 e. The Morgan fingerprint density at radius 2 is 1.59 bits per heavy atom. The van der Waals surface area contributed by atoms with Crippen molar-refractivity contribution in [2.24, 2.45) is 0 Å². The van der Waals surface area contributed by atoms with Crippen molar-refractivity contribution < 1.29 is 19.1 Å². The maximum absolute atomic E-state index is 13.0. The second kappa shape index (κ2) is 8.05. The lowest BCUT2D eigenvalue weighted by atomic mass is 9.71. The van der Waals surface area contributed by atoms with Gasteiger partial charge in [-0.05, 0) is 49.8 Å². The number of methoxy groups -OCH3 is 1. The summed E-state index contributed by atoms with van der Waals surface area (Å²) in [7, 11) is 3.64. The van der Waals surface area contributed by atoms with Gasteiger partial charge in [-0.1, -0.05) is 13.0 Å². The van der Waals surface area contributed by atoms with Crippen molar-refractivity contribution in [1.29, 1.82) is 0 Å². The predicted octanol–water partition coefficient (Wildman–Crippen LogP) is 4.53. The van der Waals surface area contributed by atoms with Crippen LogP contribution in [-0.2, 0) is 9.59 Å². The number of hydrogen-bond acceptors (Lipinski definition) is 5. The molecule has 1 aromatic rings. The first-order valence-corrected chi connectivity index (χ1v) is 10.6. The van der Waals surface area contributed by atoms with Gasteiger partial charge >= 0.3 is 0 Å². The Balaban J connectivity index is 1.86. The van der Waals surface area contributed by atoms with E-state index in [9.17, 15) is 9.59 Å². The summed E-state index contributed by atoms with van der Waals surface area (Å²) in [6.07, 6.45) is 5.53. The van der Waals surface area contributed by atoms with Crippen molar-refractivity contribution in [2.75, 3.05) is 20.8 Å². The monoisotopic (exact) mass is 395 g/mol. The van der Waals surface area contributed by atoms with E-state index in [1.807, 2.05) is 25.2 Å². The molecule has 5 nitrogen and oxygen atoms in total. The Labute approximate surface area is 172 Å². The SMILES string of the molecule is CCCOc1ccc(C2C3=C(CCCC3=O)N(C)C3=C2C(=O)CCC3)cc1OC. The summed E-state index contributed by atoms with van der Waals surface area (Å²) < 4.78 is 11.4. The van der Waals surface area contributed by atoms with Crippen molar-refractivity contribution in [3.8, 4) is 11.5 Å². The minimum atomic E-state index is -0.300. The number of carbonyl (C=O) groups is 2. The molecule has 2 aliphatic carbocycles. The Morgan fingerprint density at radius 3 is 2.14 bits per heavy atom. The van der Waals surface area contributed by atoms with Crippen molar-refractivity contribution in [3.05, 3.63) is 46.3 Å². The fraction of sp³-hybridized carbons (Fsp3) is 0.500. The highest BCUT2D eigenvalue weighted by Gasteiger charge is 2.42. The van der Waals surface area contributed by atoms with Gasteiger partial charge in [0.05, 0.1) is 13.7 Å². The summed E-state index contributed by atoms with van der Waals surface area (Å²) in [6, 6.07) is 5.84. The minimum Gasteiger partial charge on any atom is -0.493 e. The molecule has 0 N–H and O–H groups in total. The zero-order valence-electron chi connectivity index (χ0n) is 17.5. The molecule has 3 aliphatic rings. The Bertz CT molecular complexity index is 867. The van der Waals surface area contributed by atoms with Gasteiger partial charge in [-0.2, -0.15) is 0 Å². The van der Waals surface area contributed by atoms with Gasteiger partial charge in [0.1, 0.15) is 0 Å². The van der Waals surface area contributed by atoms with Crippen molar-refractivity contribution in [1.82, 2.24) is 4.90 Å². The first-order valence-electron chi connectivity index (χ1n) is 10.6. The molecule has 0 saturated heterocycles. The van der Waals surface area contributed by atoms with E-state index in [0.29, 0.717) is 30.9 Å². The molecular formula is C24H29NO4. The molecule has 0 spiro atoms. The summed E-state index contributed by atoms with van der Waals surface area (Å²) in [5.41, 5.74) is 4.72. The van der Waals surface area contributed by atoms with E-state index in [0.717, 1.165) is 60.2 Å². The normalized spacial score (nSPS) is 20.0. The van der Waals surface area contributed by atoms with Crippen LogP contribution in [0.25, 0.3) is 0 Å². The second-order valence-corrected chi connectivity index (χ2v) is 8.02. The quantitative estimate of drug-likeness (QED) is 0.733. The van der Waals surface area contributed by atoms with Gasteiger partial charge in [0.15, 0.2) is 23.1 Å². The highest BCUT2D eigenvalue weighted by Crippen LogP contribution is 2.49. The van der Waals surface area contributed by atoms with Crippen LogP contribution in [0.4, 0.5) is 0 Å². The largest absolute Gasteiger partial charge is 0.493 e. The maximum Gasteiger partial charge on any atom is 0.161 e. The molecule has 4 rings (SSSR count). The number of ether oxygens (including phenoxy) is 2. The second-order valence-electron chi connectivity index (χ2n) is 8.02. The van der Waals surface area contributed by atoms with E-state index in [1.165, 1.54) is 0 Å². The molecular weight excluding hydrogens is 366 g/mol. The fourth-order valence-electron chi connectivity index (χ4n) is 4.88. The molecule has 0 fully saturated rings. The van der Waals surface area contributed by atoms with Crippen LogP contribution in [0.15, 0.2) is 40.7 Å². The fourth-order valence-corrected chi connectivity index (χ4v) is 4.88. The number of carbonyl (C=O) groups excluding carboxylic acids is 2. The number of rotatable bonds is 5. The van der Waals surface area contributed by atoms with Crippen LogP contribution >= 0.6 is 0 Å². The first kappa shape index (κ1) is 19.7. The van der Waals surface area contributed by atoms with Gasteiger partial charge in [0.2, 0.25) is 0 Å². The molecule has 1 heterocycles. The summed E-state index contributed by atoms with van der Waals surface area (Å²) in [4.78, 5) is 28.2. The number of ketones is 2. The molecule has 0 amide bonds. The molecule has 29 heavy (non-hydrogen) atoms. The zero-order chi connectivity index (χ0) is 20.5. The predicted molar refractivity (Wildman–Crippen MR) is 111 cm³/mol. The van der Waals surface area contributed by atoms with Gasteiger partial charge in [-0.25, -0.2) is 0 Å². The average molecular weight is 395 g/mol. The summed E-state index contributed by atoms with van der Waals surface area (Å²) in [6.45, 7) is 2.68. The van der Waals surface area contributed by atoms with Crippen LogP contribution < -0.4 is 9.47 Å². The minimum absolute atomic E-state index is 0.165. The van der Waals surface area contributed by atoms with Gasteiger partial charge in [-0.15, -0.1) is 0 Å². The topological polar surface area (TPSA) is 55.8 Å². The highest BCUT2D eigenvalue weighted by molar-refractivity contribution is 6.06. The molecule has 0 unspecified atom stereocenters. The number of Topliss-reactive ketones (excluding diaryl/α,β-unsaturated/α-hetero) is 2. The number of allylic oxidation sites excluding steroid dienone is 4. The van der Waals surface area contributed by atoms with Crippen molar-refractivity contribution in [3.63, 3.8) is 0 Å². The molecule has 5 heteroatoms. The summed E-state index contributed by atoms with van der Waals surface area (Å²) in [5.74, 6) is 1.37. The lowest BCUT2D eigenvalue weighted by molar-refractivity contribution is -0.117. The number of benzene rings is 1. The van der Waals surface area contributed by atoms with E-state index >= 15 is 0 Å². The molecule has 1 aromatic carbocycles. The van der Waals surface area contributed by atoms with Crippen LogP contribution in [-0.4, -0.2) is 37.2 Å². The highest BCUT2D eigenvalue weighted by atomic mass is 16.5. The van der Waals surface area contributed by atoms with Crippen molar-refractivity contribution in [2.45, 2.75) is 57.8 Å². The Morgan fingerprint density at radius 1 is 0.966 bits per heavy atom. The van der Waals surface area contributed by atoms with Crippen molar-refractivity contribution >= 4 is 11.6 Å². The Kier molecular flexibility index (Phi) is 5.48. The summed E-state index contributed by atoms with van der Waals surface area (Å²) >= 11 is 0. The van der Waals surface area contributed by atoms with Crippen LogP contribution in [0.1, 0.15) is 63.4 Å². The Hall–Kier alpha value is -2.56. The maximum atomic E-state index is 13.0. The molecule has 154 valence electrons. The zero-order valence-corrected chi connectivity index (χ0v) is 17.5. The third-order valence-electron chi connectivity index (χ3n) is 6.23. The van der Waals surface area contributed by atoms with Gasteiger partial charge in [0, 0.05) is 48.3 Å². The van der Waals surface area contributed by atoms with E-state index in [1.54, 1.807) is 7.11 Å². The lowest BCUT2D eigenvalue weighted by Gasteiger charge is -2.42. The van der Waals surface area contributed by atoms with Crippen LogP contribution in [0.5, 0.6) is 11.5 Å². The number of hydrogen-bond donors (Lipinski definition) is 0. The molecule has 0 atom stereocenters. The van der Waals surface area contributed by atoms with E-state index in [2.05, 4.69) is 11.8 Å². The van der Waals surface area contributed by atoms with Crippen LogP contribution in [0.2, 0.25) is 0 Å². The van der Waals surface area contributed by atoms with E-state index in [-0.39, 0.29) is 17.5 Å². The molecule has 0 saturated carbocycles. The number of nitrogens with zero attached hydrogens (tertiary/aromatic N) is 1. The third kappa shape index (κ3) is 3.37. The average Bonchev–Trinajstić information content (AvgIpc) is 2.73. The molecule has 0 bridgehead atoms. The van der Waals surface area contributed by atoms with Gasteiger partial charge < -0.3 is 14.4 Å². The van der Waals surface area contributed by atoms with Gasteiger partial charge in [0.25, 0.3) is 0 Å². The van der Waals surface area contributed by atoms with Gasteiger partial charge in [-0.3, -0.25) is 9.59 Å². The summed E-state index contributed by atoms with van der Waals surface area (Å²) in [5, 5.41) is 0. The lowest BCUT2D eigenvalue weighted by Crippen LogP contribution is -2.37. The van der Waals surface area contributed by atoms with Crippen LogP contribution in [0.3, 0.4) is 0 Å².